The maximum absolute atomic E-state index is 12.1. The van der Waals surface area contributed by atoms with Gasteiger partial charge in [0, 0.05) is 37.0 Å². The van der Waals surface area contributed by atoms with Gasteiger partial charge in [-0.1, -0.05) is 0 Å². The van der Waals surface area contributed by atoms with Crippen LogP contribution in [0.4, 0.5) is 4.79 Å². The normalized spacial score (nSPS) is 22.3. The molecule has 1 aliphatic heterocycles. The third-order valence-electron chi connectivity index (χ3n) is 4.67. The molecule has 6 nitrogen and oxygen atoms in total. The highest BCUT2D eigenvalue weighted by Gasteiger charge is 2.39. The SMILES string of the molecule is Cc1cc([C@H](C)NC(=O)NC[C@H]2CC(=O)N(C3CC3)C2)c(C)o1. The van der Waals surface area contributed by atoms with E-state index in [1.165, 1.54) is 0 Å². The van der Waals surface area contributed by atoms with Crippen LogP contribution in [0.15, 0.2) is 10.5 Å². The monoisotopic (exact) mass is 319 g/mol. The maximum atomic E-state index is 12.1. The highest BCUT2D eigenvalue weighted by atomic mass is 16.3. The Morgan fingerprint density at radius 3 is 2.78 bits per heavy atom. The van der Waals surface area contributed by atoms with Crippen LogP contribution >= 0.6 is 0 Å². The third-order valence-corrected chi connectivity index (χ3v) is 4.67. The Hall–Kier alpha value is -1.98. The van der Waals surface area contributed by atoms with E-state index >= 15 is 0 Å². The summed E-state index contributed by atoms with van der Waals surface area (Å²) in [6, 6.07) is 2.10. The summed E-state index contributed by atoms with van der Waals surface area (Å²) < 4.78 is 5.50. The van der Waals surface area contributed by atoms with Crippen molar-refractivity contribution in [3.05, 3.63) is 23.2 Å². The number of hydrogen-bond donors (Lipinski definition) is 2. The zero-order chi connectivity index (χ0) is 16.6. The number of hydrogen-bond acceptors (Lipinski definition) is 3. The number of nitrogens with zero attached hydrogens (tertiary/aromatic N) is 1. The number of carbonyl (C=O) groups is 2. The van der Waals surface area contributed by atoms with Crippen LogP contribution < -0.4 is 10.6 Å². The Morgan fingerprint density at radius 1 is 1.43 bits per heavy atom. The average molecular weight is 319 g/mol. The molecule has 2 fully saturated rings. The molecule has 1 aliphatic carbocycles. The van der Waals surface area contributed by atoms with E-state index in [2.05, 4.69) is 10.6 Å². The predicted octanol–water partition coefficient (Wildman–Crippen LogP) is 2.27. The molecule has 0 radical (unpaired) electrons. The van der Waals surface area contributed by atoms with Crippen LogP contribution in [0, 0.1) is 19.8 Å². The summed E-state index contributed by atoms with van der Waals surface area (Å²) in [6.45, 7) is 7.04. The van der Waals surface area contributed by atoms with Gasteiger partial charge in [0.15, 0.2) is 0 Å². The van der Waals surface area contributed by atoms with Crippen molar-refractivity contribution in [3.63, 3.8) is 0 Å². The second-order valence-corrected chi connectivity index (χ2v) is 6.79. The summed E-state index contributed by atoms with van der Waals surface area (Å²) in [5.74, 6) is 2.13. The topological polar surface area (TPSA) is 74.6 Å². The fourth-order valence-electron chi connectivity index (χ4n) is 3.33. The van der Waals surface area contributed by atoms with Crippen LogP contribution in [0.3, 0.4) is 0 Å². The molecule has 2 atom stereocenters. The molecule has 3 amide bonds. The van der Waals surface area contributed by atoms with E-state index in [0.29, 0.717) is 19.0 Å². The van der Waals surface area contributed by atoms with E-state index in [1.807, 2.05) is 31.7 Å². The molecule has 1 saturated heterocycles. The molecule has 1 aromatic heterocycles. The third kappa shape index (κ3) is 3.68. The van der Waals surface area contributed by atoms with Gasteiger partial charge >= 0.3 is 6.03 Å². The first-order valence-corrected chi connectivity index (χ1v) is 8.34. The van der Waals surface area contributed by atoms with Crippen LogP contribution in [0.2, 0.25) is 0 Å². The van der Waals surface area contributed by atoms with Crippen molar-refractivity contribution in [1.29, 1.82) is 0 Å². The number of rotatable bonds is 5. The molecular formula is C17H25N3O3. The highest BCUT2D eigenvalue weighted by molar-refractivity contribution is 5.79. The quantitative estimate of drug-likeness (QED) is 0.874. The van der Waals surface area contributed by atoms with E-state index in [4.69, 9.17) is 4.42 Å². The molecule has 6 heteroatoms. The largest absolute Gasteiger partial charge is 0.466 e. The number of furan rings is 1. The summed E-state index contributed by atoms with van der Waals surface area (Å²) in [5.41, 5.74) is 0.994. The molecular weight excluding hydrogens is 294 g/mol. The number of carbonyl (C=O) groups excluding carboxylic acids is 2. The molecule has 0 bridgehead atoms. The van der Waals surface area contributed by atoms with Gasteiger partial charge in [-0.2, -0.15) is 0 Å². The first-order valence-electron chi connectivity index (χ1n) is 8.34. The number of amides is 3. The molecule has 2 aliphatic rings. The summed E-state index contributed by atoms with van der Waals surface area (Å²) in [7, 11) is 0. The van der Waals surface area contributed by atoms with Gasteiger partial charge in [-0.25, -0.2) is 4.79 Å². The van der Waals surface area contributed by atoms with Gasteiger partial charge in [-0.15, -0.1) is 0 Å². The Bertz CT molecular complexity index is 606. The van der Waals surface area contributed by atoms with E-state index in [0.717, 1.165) is 36.5 Å². The Kier molecular flexibility index (Phi) is 4.33. The van der Waals surface area contributed by atoms with Crippen LogP contribution in [0.25, 0.3) is 0 Å². The minimum Gasteiger partial charge on any atom is -0.466 e. The van der Waals surface area contributed by atoms with Gasteiger partial charge in [0.25, 0.3) is 0 Å². The van der Waals surface area contributed by atoms with Crippen LogP contribution in [0.1, 0.15) is 49.3 Å². The van der Waals surface area contributed by atoms with Gasteiger partial charge in [0.1, 0.15) is 11.5 Å². The lowest BCUT2D eigenvalue weighted by Crippen LogP contribution is -2.40. The fourth-order valence-corrected chi connectivity index (χ4v) is 3.33. The molecule has 1 aromatic rings. The Labute approximate surface area is 136 Å². The summed E-state index contributed by atoms with van der Waals surface area (Å²) >= 11 is 0. The smallest absolute Gasteiger partial charge is 0.315 e. The van der Waals surface area contributed by atoms with Crippen molar-refractivity contribution in [1.82, 2.24) is 15.5 Å². The van der Waals surface area contributed by atoms with Gasteiger partial charge < -0.3 is 20.0 Å². The second-order valence-electron chi connectivity index (χ2n) is 6.79. The van der Waals surface area contributed by atoms with Gasteiger partial charge in [0.2, 0.25) is 5.91 Å². The lowest BCUT2D eigenvalue weighted by atomic mass is 10.1. The summed E-state index contributed by atoms with van der Waals surface area (Å²) in [4.78, 5) is 25.9. The number of urea groups is 1. The zero-order valence-electron chi connectivity index (χ0n) is 14.0. The molecule has 0 unspecified atom stereocenters. The number of nitrogens with one attached hydrogen (secondary N) is 2. The minimum atomic E-state index is -0.201. The molecule has 0 spiro atoms. The summed E-state index contributed by atoms with van der Waals surface area (Å²) in [5, 5.41) is 5.82. The molecule has 126 valence electrons. The highest BCUT2D eigenvalue weighted by Crippen LogP contribution is 2.32. The minimum absolute atomic E-state index is 0.111. The van der Waals surface area contributed by atoms with E-state index < -0.39 is 0 Å². The lowest BCUT2D eigenvalue weighted by Gasteiger charge is -2.17. The molecule has 0 aromatic carbocycles. The summed E-state index contributed by atoms with van der Waals surface area (Å²) in [6.07, 6.45) is 2.81. The van der Waals surface area contributed by atoms with Gasteiger partial charge in [-0.05, 0) is 39.7 Å². The Morgan fingerprint density at radius 2 is 2.17 bits per heavy atom. The molecule has 23 heavy (non-hydrogen) atoms. The van der Waals surface area contributed by atoms with Gasteiger partial charge in [0.05, 0.1) is 6.04 Å². The average Bonchev–Trinajstić information content (AvgIpc) is 3.17. The number of aryl methyl sites for hydroxylation is 2. The molecule has 2 N–H and O–H groups in total. The van der Waals surface area contributed by atoms with Crippen molar-refractivity contribution in [3.8, 4) is 0 Å². The van der Waals surface area contributed by atoms with Crippen LogP contribution in [-0.4, -0.2) is 36.0 Å². The van der Waals surface area contributed by atoms with Crippen molar-refractivity contribution >= 4 is 11.9 Å². The second kappa shape index (κ2) is 6.26. The van der Waals surface area contributed by atoms with Crippen molar-refractivity contribution < 1.29 is 14.0 Å². The lowest BCUT2D eigenvalue weighted by molar-refractivity contribution is -0.128. The van der Waals surface area contributed by atoms with E-state index in [-0.39, 0.29) is 23.9 Å². The van der Waals surface area contributed by atoms with Crippen LogP contribution in [-0.2, 0) is 4.79 Å². The van der Waals surface area contributed by atoms with Crippen LogP contribution in [0.5, 0.6) is 0 Å². The van der Waals surface area contributed by atoms with Crippen molar-refractivity contribution in [2.24, 2.45) is 5.92 Å². The van der Waals surface area contributed by atoms with Crippen molar-refractivity contribution in [2.75, 3.05) is 13.1 Å². The predicted molar refractivity (Wildman–Crippen MR) is 86.0 cm³/mol. The first kappa shape index (κ1) is 15.9. The van der Waals surface area contributed by atoms with E-state index in [9.17, 15) is 9.59 Å². The van der Waals surface area contributed by atoms with Gasteiger partial charge in [-0.3, -0.25) is 4.79 Å². The zero-order valence-corrected chi connectivity index (χ0v) is 14.0. The molecule has 2 heterocycles. The van der Waals surface area contributed by atoms with E-state index in [1.54, 1.807) is 0 Å². The Balaban J connectivity index is 1.44. The number of likely N-dealkylation sites (tertiary alicyclic amines) is 1. The van der Waals surface area contributed by atoms with Crippen molar-refractivity contribution in [2.45, 2.75) is 52.1 Å². The maximum Gasteiger partial charge on any atom is 0.315 e. The fraction of sp³-hybridized carbons (Fsp3) is 0.647. The molecule has 1 saturated carbocycles. The standard InChI is InChI=1S/C17H25N3O3/c1-10-6-15(12(3)23-10)11(2)19-17(22)18-8-13-7-16(21)20(9-13)14-4-5-14/h6,11,13-14H,4-5,7-9H2,1-3H3,(H2,18,19,22)/t11-,13+/m0/s1. The first-order chi connectivity index (χ1) is 10.9. The molecule has 3 rings (SSSR count).